The fraction of sp³-hybridized carbons (Fsp3) is 0.350. The zero-order chi connectivity index (χ0) is 20.3. The third-order valence-electron chi connectivity index (χ3n) is 4.78. The lowest BCUT2D eigenvalue weighted by Crippen LogP contribution is -2.13. The second kappa shape index (κ2) is 7.98. The van der Waals surface area contributed by atoms with Gasteiger partial charge in [-0.2, -0.15) is 10.4 Å². The summed E-state index contributed by atoms with van der Waals surface area (Å²) in [6.45, 7) is 3.69. The number of aromatic nitrogens is 2. The van der Waals surface area contributed by atoms with Gasteiger partial charge in [-0.3, -0.25) is 9.48 Å². The maximum atomic E-state index is 12.4. The molecule has 0 bridgehead atoms. The van der Waals surface area contributed by atoms with Crippen LogP contribution in [0.4, 0.5) is 0 Å². The molecule has 28 heavy (non-hydrogen) atoms. The summed E-state index contributed by atoms with van der Waals surface area (Å²) in [5, 5.41) is 13.0. The van der Waals surface area contributed by atoms with E-state index in [1.54, 1.807) is 35.0 Å². The fourth-order valence-electron chi connectivity index (χ4n) is 3.33. The Morgan fingerprint density at radius 2 is 2.07 bits per heavy atom. The molecule has 1 fully saturated rings. The highest BCUT2D eigenvalue weighted by Gasteiger charge is 2.31. The predicted molar refractivity (Wildman–Crippen MR) is 105 cm³/mol. The Balaban J connectivity index is 1.75. The van der Waals surface area contributed by atoms with Crippen molar-refractivity contribution in [2.45, 2.75) is 26.3 Å². The van der Waals surface area contributed by atoms with Crippen molar-refractivity contribution in [2.75, 3.05) is 18.1 Å². The Hall–Kier alpha value is -2.92. The number of carbonyl (C=O) groups is 1. The Kier molecular flexibility index (Phi) is 5.66. The molecule has 0 spiro atoms. The maximum Gasteiger partial charge on any atom is 0.185 e. The quantitative estimate of drug-likeness (QED) is 0.547. The summed E-state index contributed by atoms with van der Waals surface area (Å²) in [7, 11) is -3.00. The minimum Gasteiger partial charge on any atom is -0.479 e. The van der Waals surface area contributed by atoms with E-state index < -0.39 is 9.84 Å². The average Bonchev–Trinajstić information content (AvgIpc) is 3.17. The van der Waals surface area contributed by atoms with Gasteiger partial charge in [-0.25, -0.2) is 8.42 Å². The molecule has 2 heterocycles. The zero-order valence-corrected chi connectivity index (χ0v) is 16.6. The highest BCUT2D eigenvalue weighted by atomic mass is 32.2. The number of sulfone groups is 1. The van der Waals surface area contributed by atoms with Gasteiger partial charge in [-0.1, -0.05) is 0 Å². The van der Waals surface area contributed by atoms with Crippen molar-refractivity contribution in [3.63, 3.8) is 0 Å². The highest BCUT2D eigenvalue weighted by molar-refractivity contribution is 7.91. The highest BCUT2D eigenvalue weighted by Crippen LogP contribution is 2.27. The van der Waals surface area contributed by atoms with Crippen LogP contribution in [0.15, 0.2) is 30.3 Å². The lowest BCUT2D eigenvalue weighted by atomic mass is 10.1. The minimum atomic E-state index is -3.00. The van der Waals surface area contributed by atoms with Crippen molar-refractivity contribution in [1.82, 2.24) is 9.78 Å². The molecule has 1 atom stereocenters. The van der Waals surface area contributed by atoms with Gasteiger partial charge in [-0.15, -0.1) is 0 Å². The van der Waals surface area contributed by atoms with Gasteiger partial charge in [0.05, 0.1) is 23.2 Å². The van der Waals surface area contributed by atoms with Crippen LogP contribution in [-0.2, 0) is 9.84 Å². The summed E-state index contributed by atoms with van der Waals surface area (Å²) in [6, 6.07) is 8.32. The molecule has 0 unspecified atom stereocenters. The molecule has 2 aromatic rings. The van der Waals surface area contributed by atoms with Crippen LogP contribution in [-0.4, -0.2) is 42.1 Å². The molecule has 0 radical (unpaired) electrons. The lowest BCUT2D eigenvalue weighted by molar-refractivity contribution is 0.104. The van der Waals surface area contributed by atoms with Crippen LogP contribution in [0.3, 0.4) is 0 Å². The third-order valence-corrected chi connectivity index (χ3v) is 6.53. The molecule has 1 aromatic carbocycles. The van der Waals surface area contributed by atoms with E-state index >= 15 is 0 Å². The van der Waals surface area contributed by atoms with Crippen molar-refractivity contribution in [3.8, 4) is 11.8 Å². The van der Waals surface area contributed by atoms with E-state index in [0.29, 0.717) is 17.7 Å². The lowest BCUT2D eigenvalue weighted by Gasteiger charge is -2.10. The van der Waals surface area contributed by atoms with E-state index in [-0.39, 0.29) is 29.9 Å². The molecule has 0 saturated carbocycles. The molecule has 3 rings (SSSR count). The standard InChI is InChI=1S/C20H21N3O4S/c1-14-19(15(2)23(22-14)17-9-12-28(25,26)13-17)7-8-20(24)16-3-5-18(6-4-16)27-11-10-21/h3-8,17H,9,11-13H2,1-2H3/b8-7+/t17-/m0/s1. The van der Waals surface area contributed by atoms with E-state index in [4.69, 9.17) is 10.00 Å². The molecule has 1 saturated heterocycles. The van der Waals surface area contributed by atoms with E-state index in [1.165, 1.54) is 6.08 Å². The minimum absolute atomic E-state index is 0.0436. The van der Waals surface area contributed by atoms with E-state index in [0.717, 1.165) is 17.0 Å². The first-order valence-corrected chi connectivity index (χ1v) is 10.7. The summed E-state index contributed by atoms with van der Waals surface area (Å²) >= 11 is 0. The topological polar surface area (TPSA) is 102 Å². The molecular formula is C20H21N3O4S. The number of nitriles is 1. The molecule has 8 heteroatoms. The SMILES string of the molecule is Cc1nn([C@H]2CCS(=O)(=O)C2)c(C)c1/C=C/C(=O)c1ccc(OCC#N)cc1. The van der Waals surface area contributed by atoms with Crippen molar-refractivity contribution in [1.29, 1.82) is 5.26 Å². The summed E-state index contributed by atoms with van der Waals surface area (Å²) < 4.78 is 30.4. The fourth-order valence-corrected chi connectivity index (χ4v) is 5.02. The average molecular weight is 399 g/mol. The molecule has 146 valence electrons. The van der Waals surface area contributed by atoms with Crippen molar-refractivity contribution >= 4 is 21.7 Å². The van der Waals surface area contributed by atoms with Crippen LogP contribution in [0.5, 0.6) is 5.75 Å². The van der Waals surface area contributed by atoms with Crippen molar-refractivity contribution in [3.05, 3.63) is 52.9 Å². The number of rotatable bonds is 6. The Morgan fingerprint density at radius 1 is 1.36 bits per heavy atom. The summed E-state index contributed by atoms with van der Waals surface area (Å²) in [5.74, 6) is 0.661. The number of allylic oxidation sites excluding steroid dienone is 1. The van der Waals surface area contributed by atoms with Gasteiger partial charge in [0.25, 0.3) is 0 Å². The van der Waals surface area contributed by atoms with Crippen molar-refractivity contribution in [2.24, 2.45) is 0 Å². The first kappa shape index (κ1) is 19.8. The van der Waals surface area contributed by atoms with Crippen LogP contribution in [0.25, 0.3) is 6.08 Å². The van der Waals surface area contributed by atoms with Gasteiger partial charge in [0.2, 0.25) is 0 Å². The summed E-state index contributed by atoms with van der Waals surface area (Å²) in [5.41, 5.74) is 2.94. The number of hydrogen-bond donors (Lipinski definition) is 0. The smallest absolute Gasteiger partial charge is 0.185 e. The third kappa shape index (κ3) is 4.31. The van der Waals surface area contributed by atoms with Gasteiger partial charge in [0.15, 0.2) is 22.2 Å². The number of aryl methyl sites for hydroxylation is 1. The molecule has 1 aliphatic rings. The second-order valence-electron chi connectivity index (χ2n) is 6.75. The number of benzene rings is 1. The van der Waals surface area contributed by atoms with Crippen molar-refractivity contribution < 1.29 is 17.9 Å². The van der Waals surface area contributed by atoms with Gasteiger partial charge >= 0.3 is 0 Å². The zero-order valence-electron chi connectivity index (χ0n) is 15.8. The number of ether oxygens (including phenoxy) is 1. The molecule has 0 N–H and O–H groups in total. The summed E-state index contributed by atoms with van der Waals surface area (Å²) in [4.78, 5) is 12.4. The number of hydrogen-bond acceptors (Lipinski definition) is 6. The van der Waals surface area contributed by atoms with Gasteiger partial charge < -0.3 is 4.74 Å². The Morgan fingerprint density at radius 3 is 2.68 bits per heavy atom. The van der Waals surface area contributed by atoms with E-state index in [9.17, 15) is 13.2 Å². The van der Waals surface area contributed by atoms with E-state index in [1.807, 2.05) is 19.9 Å². The molecule has 1 aromatic heterocycles. The molecule has 7 nitrogen and oxygen atoms in total. The normalized spacial score (nSPS) is 18.2. The molecular weight excluding hydrogens is 378 g/mol. The molecule has 0 amide bonds. The second-order valence-corrected chi connectivity index (χ2v) is 8.98. The Labute approximate surface area is 164 Å². The number of nitrogens with zero attached hydrogens (tertiary/aromatic N) is 3. The van der Waals surface area contributed by atoms with Crippen LogP contribution in [0, 0.1) is 25.2 Å². The first-order chi connectivity index (χ1) is 13.3. The van der Waals surface area contributed by atoms with E-state index in [2.05, 4.69) is 5.10 Å². The van der Waals surface area contributed by atoms with Crippen LogP contribution >= 0.6 is 0 Å². The predicted octanol–water partition coefficient (Wildman–Crippen LogP) is 2.66. The molecule has 0 aliphatic carbocycles. The molecule has 1 aliphatic heterocycles. The monoisotopic (exact) mass is 399 g/mol. The Bertz CT molecular complexity index is 1060. The number of carbonyl (C=O) groups excluding carboxylic acids is 1. The first-order valence-electron chi connectivity index (χ1n) is 8.89. The van der Waals surface area contributed by atoms with Gasteiger partial charge in [0, 0.05) is 16.8 Å². The maximum absolute atomic E-state index is 12.4. The van der Waals surface area contributed by atoms with Gasteiger partial charge in [-0.05, 0) is 56.7 Å². The van der Waals surface area contributed by atoms with Crippen LogP contribution < -0.4 is 4.74 Å². The largest absolute Gasteiger partial charge is 0.479 e. The summed E-state index contributed by atoms with van der Waals surface area (Å²) in [6.07, 6.45) is 3.77. The van der Waals surface area contributed by atoms with Gasteiger partial charge in [0.1, 0.15) is 11.8 Å². The number of ketones is 1. The van der Waals surface area contributed by atoms with Crippen LogP contribution in [0.2, 0.25) is 0 Å². The van der Waals surface area contributed by atoms with Crippen LogP contribution in [0.1, 0.15) is 39.8 Å².